The number of carboxylic acids is 1. The van der Waals surface area contributed by atoms with Crippen LogP contribution in [0.15, 0.2) is 24.3 Å². The predicted molar refractivity (Wildman–Crippen MR) is 82.7 cm³/mol. The molecule has 1 saturated heterocycles. The standard InChI is InChI=1S/C17H25NO3/c1-21-16-7-4-14(5-8-16)10-12-18-11-2-3-15(13-18)6-9-17(19)20/h4-5,7-8,15H,2-3,6,9-13H2,1H3,(H,19,20). The van der Waals surface area contributed by atoms with E-state index in [0.29, 0.717) is 12.3 Å². The van der Waals surface area contributed by atoms with E-state index in [0.717, 1.165) is 38.2 Å². The van der Waals surface area contributed by atoms with Crippen molar-refractivity contribution < 1.29 is 14.6 Å². The molecule has 0 radical (unpaired) electrons. The smallest absolute Gasteiger partial charge is 0.303 e. The molecule has 116 valence electrons. The van der Waals surface area contributed by atoms with Gasteiger partial charge in [-0.15, -0.1) is 0 Å². The van der Waals surface area contributed by atoms with E-state index in [1.54, 1.807) is 7.11 Å². The van der Waals surface area contributed by atoms with Crippen LogP contribution < -0.4 is 4.74 Å². The van der Waals surface area contributed by atoms with Gasteiger partial charge in [0.15, 0.2) is 0 Å². The molecule has 1 N–H and O–H groups in total. The highest BCUT2D eigenvalue weighted by Crippen LogP contribution is 2.21. The Morgan fingerprint density at radius 3 is 2.81 bits per heavy atom. The molecule has 0 amide bonds. The van der Waals surface area contributed by atoms with E-state index < -0.39 is 5.97 Å². The minimum Gasteiger partial charge on any atom is -0.497 e. The third-order valence-electron chi connectivity index (χ3n) is 4.25. The zero-order valence-electron chi connectivity index (χ0n) is 12.8. The monoisotopic (exact) mass is 291 g/mol. The Morgan fingerprint density at radius 1 is 1.38 bits per heavy atom. The number of ether oxygens (including phenoxy) is 1. The molecule has 1 aromatic rings. The van der Waals surface area contributed by atoms with Gasteiger partial charge in [0.1, 0.15) is 5.75 Å². The van der Waals surface area contributed by atoms with Gasteiger partial charge in [-0.05, 0) is 55.8 Å². The van der Waals surface area contributed by atoms with Gasteiger partial charge in [-0.3, -0.25) is 4.79 Å². The molecule has 1 unspecified atom stereocenters. The first-order valence-electron chi connectivity index (χ1n) is 7.74. The number of carbonyl (C=O) groups is 1. The van der Waals surface area contributed by atoms with Crippen molar-refractivity contribution >= 4 is 5.97 Å². The third-order valence-corrected chi connectivity index (χ3v) is 4.25. The number of hydrogen-bond donors (Lipinski definition) is 1. The number of rotatable bonds is 7. The molecule has 2 rings (SSSR count). The van der Waals surface area contributed by atoms with Gasteiger partial charge < -0.3 is 14.7 Å². The summed E-state index contributed by atoms with van der Waals surface area (Å²) in [4.78, 5) is 13.1. The first-order valence-corrected chi connectivity index (χ1v) is 7.74. The van der Waals surface area contributed by atoms with Crippen LogP contribution in [0.25, 0.3) is 0 Å². The van der Waals surface area contributed by atoms with Crippen molar-refractivity contribution in [3.05, 3.63) is 29.8 Å². The molecule has 0 bridgehead atoms. The van der Waals surface area contributed by atoms with Crippen molar-refractivity contribution in [2.75, 3.05) is 26.7 Å². The molecule has 4 nitrogen and oxygen atoms in total. The van der Waals surface area contributed by atoms with Crippen molar-refractivity contribution in [2.24, 2.45) is 5.92 Å². The minimum atomic E-state index is -0.676. The maximum Gasteiger partial charge on any atom is 0.303 e. The minimum absolute atomic E-state index is 0.303. The summed E-state index contributed by atoms with van der Waals surface area (Å²) in [5.74, 6) is 0.765. The normalized spacial score (nSPS) is 19.4. The number of aliphatic carboxylic acids is 1. The van der Waals surface area contributed by atoms with Gasteiger partial charge in [-0.25, -0.2) is 0 Å². The second kappa shape index (κ2) is 8.03. The summed E-state index contributed by atoms with van der Waals surface area (Å²) < 4.78 is 5.17. The number of nitrogens with zero attached hydrogens (tertiary/aromatic N) is 1. The Balaban J connectivity index is 1.75. The largest absolute Gasteiger partial charge is 0.497 e. The molecule has 1 heterocycles. The first kappa shape index (κ1) is 15.8. The molecule has 0 saturated carbocycles. The number of benzene rings is 1. The van der Waals surface area contributed by atoms with Crippen LogP contribution in [0.3, 0.4) is 0 Å². The lowest BCUT2D eigenvalue weighted by molar-refractivity contribution is -0.137. The van der Waals surface area contributed by atoms with Crippen molar-refractivity contribution in [3.8, 4) is 5.75 Å². The molecule has 0 aromatic heterocycles. The fourth-order valence-corrected chi connectivity index (χ4v) is 3.00. The second-order valence-electron chi connectivity index (χ2n) is 5.84. The fourth-order valence-electron chi connectivity index (χ4n) is 3.00. The second-order valence-corrected chi connectivity index (χ2v) is 5.84. The van der Waals surface area contributed by atoms with Gasteiger partial charge in [0.25, 0.3) is 0 Å². The highest BCUT2D eigenvalue weighted by molar-refractivity contribution is 5.66. The van der Waals surface area contributed by atoms with Crippen LogP contribution in [-0.2, 0) is 11.2 Å². The van der Waals surface area contributed by atoms with Crippen molar-refractivity contribution in [1.29, 1.82) is 0 Å². The Labute approximate surface area is 126 Å². The summed E-state index contributed by atoms with van der Waals surface area (Å²) in [5, 5.41) is 8.78. The van der Waals surface area contributed by atoms with E-state index in [1.165, 1.54) is 18.4 Å². The lowest BCUT2D eigenvalue weighted by Crippen LogP contribution is -2.36. The topological polar surface area (TPSA) is 49.8 Å². The summed E-state index contributed by atoms with van der Waals surface area (Å²) in [7, 11) is 1.68. The third kappa shape index (κ3) is 5.38. The van der Waals surface area contributed by atoms with Crippen LogP contribution in [0.1, 0.15) is 31.2 Å². The van der Waals surface area contributed by atoms with Crippen molar-refractivity contribution in [2.45, 2.75) is 32.1 Å². The molecule has 0 aliphatic carbocycles. The lowest BCUT2D eigenvalue weighted by atomic mass is 9.93. The number of hydrogen-bond acceptors (Lipinski definition) is 3. The van der Waals surface area contributed by atoms with Gasteiger partial charge in [-0.2, -0.15) is 0 Å². The van der Waals surface area contributed by atoms with E-state index >= 15 is 0 Å². The van der Waals surface area contributed by atoms with Crippen LogP contribution in [0.5, 0.6) is 5.75 Å². The summed E-state index contributed by atoms with van der Waals surface area (Å²) >= 11 is 0. The molecular formula is C17H25NO3. The molecule has 0 spiro atoms. The molecule has 1 aliphatic rings. The highest BCUT2D eigenvalue weighted by atomic mass is 16.5. The quantitative estimate of drug-likeness (QED) is 0.839. The highest BCUT2D eigenvalue weighted by Gasteiger charge is 2.20. The summed E-state index contributed by atoms with van der Waals surface area (Å²) in [5.41, 5.74) is 1.32. The van der Waals surface area contributed by atoms with Crippen LogP contribution in [-0.4, -0.2) is 42.7 Å². The lowest BCUT2D eigenvalue weighted by Gasteiger charge is -2.32. The fraction of sp³-hybridized carbons (Fsp3) is 0.588. The Kier molecular flexibility index (Phi) is 6.05. The first-order chi connectivity index (χ1) is 10.2. The average molecular weight is 291 g/mol. The summed E-state index contributed by atoms with van der Waals surface area (Å²) in [6.07, 6.45) is 4.51. The molecular weight excluding hydrogens is 266 g/mol. The van der Waals surface area contributed by atoms with Gasteiger partial charge in [-0.1, -0.05) is 12.1 Å². The number of carboxylic acid groups (broad SMARTS) is 1. The van der Waals surface area contributed by atoms with Gasteiger partial charge in [0.05, 0.1) is 7.11 Å². The van der Waals surface area contributed by atoms with E-state index in [-0.39, 0.29) is 0 Å². The number of likely N-dealkylation sites (tertiary alicyclic amines) is 1. The molecule has 1 aromatic carbocycles. The Bertz CT molecular complexity index is 444. The summed E-state index contributed by atoms with van der Waals surface area (Å²) in [6, 6.07) is 8.23. The number of piperidine rings is 1. The van der Waals surface area contributed by atoms with Gasteiger partial charge >= 0.3 is 5.97 Å². The van der Waals surface area contributed by atoms with E-state index in [4.69, 9.17) is 9.84 Å². The molecule has 4 heteroatoms. The molecule has 1 atom stereocenters. The zero-order valence-corrected chi connectivity index (χ0v) is 12.8. The van der Waals surface area contributed by atoms with Crippen LogP contribution in [0.4, 0.5) is 0 Å². The Morgan fingerprint density at radius 2 is 2.14 bits per heavy atom. The SMILES string of the molecule is COc1ccc(CCN2CCCC(CCC(=O)O)C2)cc1. The molecule has 1 fully saturated rings. The van der Waals surface area contributed by atoms with Crippen LogP contribution in [0.2, 0.25) is 0 Å². The van der Waals surface area contributed by atoms with E-state index in [9.17, 15) is 4.79 Å². The summed E-state index contributed by atoms with van der Waals surface area (Å²) in [6.45, 7) is 3.24. The van der Waals surface area contributed by atoms with Crippen molar-refractivity contribution in [3.63, 3.8) is 0 Å². The van der Waals surface area contributed by atoms with E-state index in [1.807, 2.05) is 12.1 Å². The van der Waals surface area contributed by atoms with Gasteiger partial charge in [0, 0.05) is 19.5 Å². The maximum absolute atomic E-state index is 10.7. The zero-order chi connectivity index (χ0) is 15.1. The Hall–Kier alpha value is -1.55. The molecule has 1 aliphatic heterocycles. The van der Waals surface area contributed by atoms with Crippen LogP contribution in [0, 0.1) is 5.92 Å². The average Bonchev–Trinajstić information content (AvgIpc) is 2.52. The maximum atomic E-state index is 10.7. The van der Waals surface area contributed by atoms with Crippen molar-refractivity contribution in [1.82, 2.24) is 4.90 Å². The molecule has 21 heavy (non-hydrogen) atoms. The van der Waals surface area contributed by atoms with Crippen LogP contribution >= 0.6 is 0 Å². The van der Waals surface area contributed by atoms with Gasteiger partial charge in [0.2, 0.25) is 0 Å². The number of methoxy groups -OCH3 is 1. The predicted octanol–water partition coefficient (Wildman–Crippen LogP) is 2.81. The van der Waals surface area contributed by atoms with E-state index in [2.05, 4.69) is 17.0 Å².